The van der Waals surface area contributed by atoms with Crippen molar-refractivity contribution in [1.82, 2.24) is 9.97 Å². The van der Waals surface area contributed by atoms with Gasteiger partial charge in [0, 0.05) is 11.8 Å². The lowest BCUT2D eigenvalue weighted by molar-refractivity contribution is 0.0841. The highest BCUT2D eigenvalue weighted by Crippen LogP contribution is 2.41. The fraction of sp³-hybridized carbons (Fsp3) is 0.692. The van der Waals surface area contributed by atoms with E-state index in [1.165, 1.54) is 6.20 Å². The van der Waals surface area contributed by atoms with Crippen LogP contribution in [0.1, 0.15) is 45.1 Å². The van der Waals surface area contributed by atoms with E-state index in [2.05, 4.69) is 43.8 Å². The van der Waals surface area contributed by atoms with Crippen molar-refractivity contribution in [3.05, 3.63) is 23.8 Å². The molecule has 1 aromatic rings. The van der Waals surface area contributed by atoms with E-state index in [4.69, 9.17) is 16.0 Å². The van der Waals surface area contributed by atoms with Crippen molar-refractivity contribution in [2.75, 3.05) is 0 Å². The number of hydrogen-bond donors (Lipinski definition) is 0. The summed E-state index contributed by atoms with van der Waals surface area (Å²) < 4.78 is 32.8. The number of rotatable bonds is 4. The first kappa shape index (κ1) is 17.5. The Morgan fingerprint density at radius 1 is 1.30 bits per heavy atom. The van der Waals surface area contributed by atoms with Crippen molar-refractivity contribution in [3.63, 3.8) is 0 Å². The van der Waals surface area contributed by atoms with Gasteiger partial charge in [0.2, 0.25) is 0 Å². The molecule has 0 saturated carbocycles. The molecule has 7 heteroatoms. The van der Waals surface area contributed by atoms with Gasteiger partial charge in [-0.15, -0.1) is 0 Å². The smallest absolute Gasteiger partial charge is 0.365 e. The van der Waals surface area contributed by atoms with Crippen LogP contribution in [0, 0.1) is 0 Å². The summed E-state index contributed by atoms with van der Waals surface area (Å²) >= 11 is 5.10. The zero-order valence-electron chi connectivity index (χ0n) is 12.7. The van der Waals surface area contributed by atoms with Crippen molar-refractivity contribution in [1.29, 1.82) is 0 Å². The molecule has 20 heavy (non-hydrogen) atoms. The minimum Gasteiger partial charge on any atom is -0.410 e. The molecule has 0 aliphatic carbocycles. The van der Waals surface area contributed by atoms with Gasteiger partial charge in [-0.2, -0.15) is 8.78 Å². The Bertz CT molecular complexity index is 472. The van der Waals surface area contributed by atoms with Gasteiger partial charge in [0.15, 0.2) is 8.32 Å². The molecule has 1 unspecified atom stereocenters. The molecule has 0 aliphatic heterocycles. The maximum Gasteiger partial charge on any atom is 0.365 e. The second-order valence-electron chi connectivity index (χ2n) is 6.34. The van der Waals surface area contributed by atoms with Crippen LogP contribution < -0.4 is 0 Å². The predicted octanol–water partition coefficient (Wildman–Crippen LogP) is 4.85. The van der Waals surface area contributed by atoms with Gasteiger partial charge in [0.05, 0.1) is 6.10 Å². The van der Waals surface area contributed by atoms with Crippen molar-refractivity contribution in [3.8, 4) is 0 Å². The maximum atomic E-state index is 13.4. The molecule has 0 bridgehead atoms. The zero-order valence-corrected chi connectivity index (χ0v) is 14.4. The van der Waals surface area contributed by atoms with Gasteiger partial charge >= 0.3 is 5.38 Å². The van der Waals surface area contributed by atoms with Crippen LogP contribution in [-0.2, 0) is 9.81 Å². The third-order valence-corrected chi connectivity index (χ3v) is 8.46. The lowest BCUT2D eigenvalue weighted by atomic mass is 10.1. The van der Waals surface area contributed by atoms with Crippen LogP contribution in [-0.4, -0.2) is 18.3 Å². The third-order valence-electron chi connectivity index (χ3n) is 3.72. The van der Waals surface area contributed by atoms with Gasteiger partial charge in [0.1, 0.15) is 12.0 Å². The Kier molecular flexibility index (Phi) is 4.94. The van der Waals surface area contributed by atoms with Gasteiger partial charge in [0.25, 0.3) is 0 Å². The second kappa shape index (κ2) is 5.65. The van der Waals surface area contributed by atoms with Crippen LogP contribution in [0.5, 0.6) is 0 Å². The second-order valence-corrected chi connectivity index (χ2v) is 11.6. The average molecular weight is 323 g/mol. The Morgan fingerprint density at radius 2 is 1.85 bits per heavy atom. The molecule has 0 spiro atoms. The molecule has 0 radical (unpaired) electrons. The molecule has 0 amide bonds. The third kappa shape index (κ3) is 3.96. The topological polar surface area (TPSA) is 35.0 Å². The fourth-order valence-corrected chi connectivity index (χ4v) is 3.08. The van der Waals surface area contributed by atoms with Gasteiger partial charge in [-0.25, -0.2) is 9.97 Å². The molecule has 114 valence electrons. The van der Waals surface area contributed by atoms with Gasteiger partial charge < -0.3 is 4.43 Å². The molecule has 1 rings (SSSR count). The van der Waals surface area contributed by atoms with Crippen LogP contribution in [0.15, 0.2) is 12.5 Å². The minimum atomic E-state index is -3.52. The Labute approximate surface area is 124 Å². The Balaban J connectivity index is 3.09. The molecule has 1 heterocycles. The summed E-state index contributed by atoms with van der Waals surface area (Å²) in [6.07, 6.45) is 1.88. The zero-order chi connectivity index (χ0) is 15.8. The maximum absolute atomic E-state index is 13.4. The summed E-state index contributed by atoms with van der Waals surface area (Å²) in [7, 11) is -2.08. The largest absolute Gasteiger partial charge is 0.410 e. The Hall–Kier alpha value is -0.593. The molecular formula is C13H21ClF2N2OSi. The lowest BCUT2D eigenvalue weighted by Crippen LogP contribution is -2.41. The standard InChI is InChI=1S/C13H21ClF2N2OSi/c1-9(19-20(5,6)12(2,3)4)10-7-17-8-18-11(10)13(14,15)16/h7-9H,1-6H3. The van der Waals surface area contributed by atoms with Crippen molar-refractivity contribution < 1.29 is 13.2 Å². The van der Waals surface area contributed by atoms with Crippen molar-refractivity contribution >= 4 is 19.9 Å². The monoisotopic (exact) mass is 322 g/mol. The molecule has 0 N–H and O–H groups in total. The number of halogens is 3. The predicted molar refractivity (Wildman–Crippen MR) is 78.5 cm³/mol. The number of alkyl halides is 3. The summed E-state index contributed by atoms with van der Waals surface area (Å²) in [5.41, 5.74) is -0.252. The summed E-state index contributed by atoms with van der Waals surface area (Å²) in [6, 6.07) is 0. The summed E-state index contributed by atoms with van der Waals surface area (Å²) in [6.45, 7) is 12.1. The van der Waals surface area contributed by atoms with Crippen LogP contribution in [0.3, 0.4) is 0 Å². The molecule has 0 aromatic carbocycles. The van der Waals surface area contributed by atoms with E-state index >= 15 is 0 Å². The van der Waals surface area contributed by atoms with Gasteiger partial charge in [-0.3, -0.25) is 0 Å². The first-order chi connectivity index (χ1) is 8.86. The van der Waals surface area contributed by atoms with Crippen LogP contribution in [0.2, 0.25) is 18.1 Å². The van der Waals surface area contributed by atoms with Gasteiger partial charge in [-0.1, -0.05) is 20.8 Å². The van der Waals surface area contributed by atoms with E-state index < -0.39 is 25.5 Å². The van der Waals surface area contributed by atoms with Crippen LogP contribution in [0.4, 0.5) is 8.78 Å². The van der Waals surface area contributed by atoms with Crippen LogP contribution in [0.25, 0.3) is 0 Å². The molecule has 1 atom stereocenters. The molecule has 0 aliphatic rings. The summed E-state index contributed by atoms with van der Waals surface area (Å²) in [5, 5.41) is -3.54. The molecule has 1 aromatic heterocycles. The van der Waals surface area contributed by atoms with Gasteiger partial charge in [-0.05, 0) is 36.7 Å². The summed E-state index contributed by atoms with van der Waals surface area (Å²) in [5.74, 6) is 0. The van der Waals surface area contributed by atoms with E-state index in [0.717, 1.165) is 6.33 Å². The quantitative estimate of drug-likeness (QED) is 0.587. The average Bonchev–Trinajstić information content (AvgIpc) is 2.25. The van der Waals surface area contributed by atoms with E-state index in [1.54, 1.807) is 6.92 Å². The highest BCUT2D eigenvalue weighted by molar-refractivity contribution is 6.74. The molecular weight excluding hydrogens is 302 g/mol. The minimum absolute atomic E-state index is 0.0133. The van der Waals surface area contributed by atoms with E-state index in [0.29, 0.717) is 0 Å². The number of hydrogen-bond acceptors (Lipinski definition) is 3. The molecule has 0 fully saturated rings. The highest BCUT2D eigenvalue weighted by atomic mass is 35.5. The van der Waals surface area contributed by atoms with Crippen molar-refractivity contribution in [2.45, 2.75) is 57.3 Å². The number of nitrogens with zero attached hydrogens (tertiary/aromatic N) is 2. The van der Waals surface area contributed by atoms with E-state index in [9.17, 15) is 8.78 Å². The Morgan fingerprint density at radius 3 is 2.30 bits per heavy atom. The van der Waals surface area contributed by atoms with E-state index in [-0.39, 0.29) is 10.6 Å². The first-order valence-corrected chi connectivity index (χ1v) is 9.70. The fourth-order valence-electron chi connectivity index (χ4n) is 1.56. The number of aromatic nitrogens is 2. The molecule has 3 nitrogen and oxygen atoms in total. The summed E-state index contributed by atoms with van der Waals surface area (Å²) in [4.78, 5) is 7.41. The normalized spacial score (nSPS) is 15.2. The lowest BCUT2D eigenvalue weighted by Gasteiger charge is -2.38. The van der Waals surface area contributed by atoms with E-state index in [1.807, 2.05) is 0 Å². The molecule has 0 saturated heterocycles. The highest BCUT2D eigenvalue weighted by Gasteiger charge is 2.41. The first-order valence-electron chi connectivity index (χ1n) is 6.41. The SMILES string of the molecule is CC(O[Si](C)(C)C(C)(C)C)c1cncnc1C(F)(F)Cl. The van der Waals surface area contributed by atoms with Crippen molar-refractivity contribution in [2.24, 2.45) is 0 Å². The van der Waals surface area contributed by atoms with Crippen LogP contribution >= 0.6 is 11.6 Å².